The molecular weight excluding hydrogens is 274 g/mol. The van der Waals surface area contributed by atoms with Gasteiger partial charge >= 0.3 is 107 Å². The number of rotatable bonds is 0. The standard InChI is InChI=1S/H3N.3Na.H3O4P.H2O4S.3H/c;;;;2*1-5(2,3)4;;;/h1H3;;;;(H3,1,2,3,4);(H2,1,2,3,4);;;/q;3*+1;;;3*-1. The zero-order valence-electron chi connectivity index (χ0n) is 11.0. The summed E-state index contributed by atoms with van der Waals surface area (Å²) in [6.07, 6.45) is 0. The van der Waals surface area contributed by atoms with E-state index in [1.807, 2.05) is 0 Å². The van der Waals surface area contributed by atoms with E-state index in [1.54, 1.807) is 0 Å². The molecule has 78 valence electrons. The van der Waals surface area contributed by atoms with E-state index in [0.29, 0.717) is 0 Å². The van der Waals surface area contributed by atoms with E-state index in [9.17, 15) is 0 Å². The van der Waals surface area contributed by atoms with E-state index in [1.165, 1.54) is 0 Å². The molecule has 0 saturated heterocycles. The normalized spacial score (nSPS) is 8.36. The molecule has 0 unspecified atom stereocenters. The van der Waals surface area contributed by atoms with Crippen LogP contribution in [0, 0.1) is 0 Å². The van der Waals surface area contributed by atoms with E-state index in [-0.39, 0.29) is 99.1 Å². The Bertz CT molecular complexity index is 214. The molecule has 0 rings (SSSR count). The molecule has 0 aromatic carbocycles. The van der Waals surface area contributed by atoms with Crippen molar-refractivity contribution >= 4 is 18.2 Å². The Labute approximate surface area is 152 Å². The summed E-state index contributed by atoms with van der Waals surface area (Å²) in [5.74, 6) is 0. The molecule has 9 nitrogen and oxygen atoms in total. The monoisotopic (exact) mass is 285 g/mol. The van der Waals surface area contributed by atoms with Crippen LogP contribution >= 0.6 is 7.82 Å². The van der Waals surface area contributed by atoms with Crippen LogP contribution in [0.3, 0.4) is 0 Å². The van der Waals surface area contributed by atoms with Gasteiger partial charge in [0.25, 0.3) is 0 Å². The zero-order valence-corrected chi connectivity index (χ0v) is 15.7. The third-order valence-electron chi connectivity index (χ3n) is 0. The molecule has 0 aliphatic heterocycles. The van der Waals surface area contributed by atoms with Gasteiger partial charge in [-0.1, -0.05) is 0 Å². The van der Waals surface area contributed by atoms with Gasteiger partial charge in [0.1, 0.15) is 0 Å². The molecule has 0 amide bonds. The second-order valence-corrected chi connectivity index (χ2v) is 2.88. The van der Waals surface area contributed by atoms with Gasteiger partial charge in [0.05, 0.1) is 0 Å². The number of hydrogen-bond donors (Lipinski definition) is 6. The summed E-state index contributed by atoms with van der Waals surface area (Å²) >= 11 is 0. The Hall–Kier alpha value is 2.94. The summed E-state index contributed by atoms with van der Waals surface area (Å²) < 4.78 is 40.5. The fourth-order valence-electron chi connectivity index (χ4n) is 0. The van der Waals surface area contributed by atoms with Crippen molar-refractivity contribution in [2.24, 2.45) is 0 Å². The predicted octanol–water partition coefficient (Wildman–Crippen LogP) is -10.1. The molecule has 0 aliphatic rings. The fourth-order valence-corrected chi connectivity index (χ4v) is 0. The first-order chi connectivity index (χ1) is 4.00. The molecule has 0 aliphatic carbocycles. The summed E-state index contributed by atoms with van der Waals surface area (Å²) in [5, 5.41) is 0. The van der Waals surface area contributed by atoms with Crippen molar-refractivity contribution in [3.05, 3.63) is 0 Å². The fraction of sp³-hybridized carbons (Fsp3) is 0. The van der Waals surface area contributed by atoms with Gasteiger partial charge in [-0.2, -0.15) is 8.42 Å². The molecule has 0 saturated carbocycles. The second kappa shape index (κ2) is 15.9. The van der Waals surface area contributed by atoms with Crippen LogP contribution in [0.1, 0.15) is 4.28 Å². The molecule has 14 heteroatoms. The van der Waals surface area contributed by atoms with Crippen molar-refractivity contribution in [2.75, 3.05) is 0 Å². The number of phosphoric acid groups is 1. The van der Waals surface area contributed by atoms with Crippen molar-refractivity contribution in [2.45, 2.75) is 0 Å². The topological polar surface area (TPSA) is 187 Å². The minimum Gasteiger partial charge on any atom is -1.00 e. The van der Waals surface area contributed by atoms with Crippen LogP contribution in [-0.2, 0) is 15.0 Å². The Kier molecular flexibility index (Phi) is 40.9. The summed E-state index contributed by atoms with van der Waals surface area (Å²) in [6.45, 7) is 0. The van der Waals surface area contributed by atoms with E-state index < -0.39 is 18.2 Å². The van der Waals surface area contributed by atoms with Crippen LogP contribution in [0.15, 0.2) is 0 Å². The molecular formula is H11NNa3O8PS. The Balaban J connectivity index is -0.00000000762. The minimum absolute atomic E-state index is 0. The van der Waals surface area contributed by atoms with E-state index in [4.69, 9.17) is 36.8 Å². The van der Waals surface area contributed by atoms with Crippen molar-refractivity contribution < 1.29 is 130 Å². The molecule has 14 heavy (non-hydrogen) atoms. The van der Waals surface area contributed by atoms with Crippen molar-refractivity contribution in [1.29, 1.82) is 0 Å². The van der Waals surface area contributed by atoms with Gasteiger partial charge in [0.2, 0.25) is 0 Å². The zero-order chi connectivity index (χ0) is 9.00. The van der Waals surface area contributed by atoms with E-state index in [2.05, 4.69) is 0 Å². The summed E-state index contributed by atoms with van der Waals surface area (Å²) in [4.78, 5) is 21.6. The number of hydrogen-bond acceptors (Lipinski definition) is 4. The molecule has 0 aromatic heterocycles. The van der Waals surface area contributed by atoms with Crippen LogP contribution in [0.5, 0.6) is 0 Å². The maximum atomic E-state index is 8.88. The van der Waals surface area contributed by atoms with Crippen LogP contribution < -0.4 is 94.8 Å². The molecule has 0 spiro atoms. The molecule has 0 atom stereocenters. The molecule has 0 radical (unpaired) electrons. The third-order valence-corrected chi connectivity index (χ3v) is 0. The largest absolute Gasteiger partial charge is 1.00 e. The van der Waals surface area contributed by atoms with Gasteiger partial charge in [0, 0.05) is 0 Å². The average molecular weight is 285 g/mol. The van der Waals surface area contributed by atoms with Crippen molar-refractivity contribution in [3.8, 4) is 0 Å². The van der Waals surface area contributed by atoms with Gasteiger partial charge in [-0.25, -0.2) is 4.57 Å². The molecule has 0 fully saturated rings. The van der Waals surface area contributed by atoms with Gasteiger partial charge in [-0.3, -0.25) is 9.11 Å². The first-order valence-corrected chi connectivity index (χ1v) is 4.44. The smallest absolute Gasteiger partial charge is 1.00 e. The van der Waals surface area contributed by atoms with Crippen molar-refractivity contribution in [1.82, 2.24) is 6.15 Å². The van der Waals surface area contributed by atoms with Crippen LogP contribution in [0.2, 0.25) is 0 Å². The van der Waals surface area contributed by atoms with Gasteiger partial charge in [-0.05, 0) is 0 Å². The summed E-state index contributed by atoms with van der Waals surface area (Å²) in [7, 11) is -9.31. The maximum absolute atomic E-state index is 8.88. The molecule has 8 N–H and O–H groups in total. The van der Waals surface area contributed by atoms with Crippen molar-refractivity contribution in [3.63, 3.8) is 0 Å². The quantitative estimate of drug-likeness (QED) is 0.143. The Morgan fingerprint density at radius 2 is 0.929 bits per heavy atom. The van der Waals surface area contributed by atoms with E-state index >= 15 is 0 Å². The van der Waals surface area contributed by atoms with Gasteiger partial charge in [0.15, 0.2) is 0 Å². The molecule has 0 aromatic rings. The minimum atomic E-state index is -4.67. The molecule has 0 heterocycles. The molecule has 0 bridgehead atoms. The average Bonchev–Trinajstić information content (AvgIpc) is 1.12. The van der Waals surface area contributed by atoms with Crippen LogP contribution in [0.4, 0.5) is 0 Å². The first-order valence-electron chi connectivity index (χ1n) is 1.48. The Morgan fingerprint density at radius 3 is 0.929 bits per heavy atom. The van der Waals surface area contributed by atoms with E-state index in [0.717, 1.165) is 0 Å². The van der Waals surface area contributed by atoms with Crippen LogP contribution in [-0.4, -0.2) is 32.2 Å². The summed E-state index contributed by atoms with van der Waals surface area (Å²) in [6, 6.07) is 0. The summed E-state index contributed by atoms with van der Waals surface area (Å²) in [5.41, 5.74) is 0. The maximum Gasteiger partial charge on any atom is 1.00 e. The van der Waals surface area contributed by atoms with Gasteiger partial charge < -0.3 is 25.1 Å². The Morgan fingerprint density at radius 1 is 0.929 bits per heavy atom. The predicted molar refractivity (Wildman–Crippen MR) is 36.8 cm³/mol. The third kappa shape index (κ3) is 336. The SMILES string of the molecule is N.O=P(O)(O)O.O=S(=O)(O)O.[H-].[H-].[H-].[Na+].[Na+].[Na+]. The second-order valence-electron chi connectivity index (χ2n) is 0.961. The van der Waals surface area contributed by atoms with Crippen LogP contribution in [0.25, 0.3) is 0 Å². The first kappa shape index (κ1) is 36.0. The van der Waals surface area contributed by atoms with Gasteiger partial charge in [-0.15, -0.1) is 0 Å².